The van der Waals surface area contributed by atoms with Crippen LogP contribution in [0.15, 0.2) is 58.3 Å². The molecule has 0 saturated heterocycles. The number of sulfonamides is 1. The van der Waals surface area contributed by atoms with Gasteiger partial charge in [0.15, 0.2) is 0 Å². The first-order chi connectivity index (χ1) is 9.54. The van der Waals surface area contributed by atoms with Crippen molar-refractivity contribution in [3.8, 4) is 0 Å². The van der Waals surface area contributed by atoms with Gasteiger partial charge in [0.05, 0.1) is 10.9 Å². The molecule has 0 aliphatic carbocycles. The van der Waals surface area contributed by atoms with E-state index in [-0.39, 0.29) is 10.9 Å². The standard InChI is InChI=1S/C14H14N2O2S2/c15-20(17,18)11-7-5-10(6-8-11)16-13-9-19-14-4-2-1-3-12(13)14/h1-8,13,16H,9H2,(H2,15,17,18). The zero-order chi connectivity index (χ0) is 14.2. The van der Waals surface area contributed by atoms with Crippen molar-refractivity contribution in [3.05, 3.63) is 54.1 Å². The van der Waals surface area contributed by atoms with Crippen molar-refractivity contribution >= 4 is 27.5 Å². The van der Waals surface area contributed by atoms with E-state index in [0.717, 1.165) is 11.4 Å². The van der Waals surface area contributed by atoms with Gasteiger partial charge in [-0.15, -0.1) is 11.8 Å². The summed E-state index contributed by atoms with van der Waals surface area (Å²) in [6, 6.07) is 15.1. The molecule has 0 saturated carbocycles. The molecular weight excluding hydrogens is 292 g/mol. The minimum Gasteiger partial charge on any atom is -0.377 e. The van der Waals surface area contributed by atoms with E-state index in [1.807, 2.05) is 23.9 Å². The zero-order valence-electron chi connectivity index (χ0n) is 10.6. The molecule has 1 unspecified atom stereocenters. The molecule has 2 aromatic carbocycles. The third-order valence-electron chi connectivity index (χ3n) is 3.22. The average Bonchev–Trinajstić information content (AvgIpc) is 2.82. The maximum absolute atomic E-state index is 11.2. The van der Waals surface area contributed by atoms with E-state index in [2.05, 4.69) is 17.4 Å². The SMILES string of the molecule is NS(=O)(=O)c1ccc(NC2CSc3ccccc32)cc1. The quantitative estimate of drug-likeness (QED) is 0.914. The predicted octanol–water partition coefficient (Wildman–Crippen LogP) is 2.59. The van der Waals surface area contributed by atoms with Gasteiger partial charge in [0.1, 0.15) is 0 Å². The number of thioether (sulfide) groups is 1. The van der Waals surface area contributed by atoms with Gasteiger partial charge in [-0.05, 0) is 35.9 Å². The van der Waals surface area contributed by atoms with Crippen LogP contribution in [0.1, 0.15) is 11.6 Å². The third-order valence-corrected chi connectivity index (χ3v) is 5.34. The number of anilines is 1. The molecule has 1 aliphatic heterocycles. The van der Waals surface area contributed by atoms with E-state index in [1.165, 1.54) is 22.6 Å². The fraction of sp³-hybridized carbons (Fsp3) is 0.143. The highest BCUT2D eigenvalue weighted by molar-refractivity contribution is 7.99. The normalized spacial score (nSPS) is 17.8. The first-order valence-electron chi connectivity index (χ1n) is 6.15. The van der Waals surface area contributed by atoms with Crippen LogP contribution < -0.4 is 10.5 Å². The molecule has 104 valence electrons. The number of benzene rings is 2. The lowest BCUT2D eigenvalue weighted by Gasteiger charge is -2.15. The molecule has 4 nitrogen and oxygen atoms in total. The molecule has 1 aliphatic rings. The summed E-state index contributed by atoms with van der Waals surface area (Å²) in [6.07, 6.45) is 0. The Hall–Kier alpha value is -1.50. The highest BCUT2D eigenvalue weighted by Crippen LogP contribution is 2.39. The molecule has 20 heavy (non-hydrogen) atoms. The van der Waals surface area contributed by atoms with Crippen molar-refractivity contribution < 1.29 is 8.42 Å². The van der Waals surface area contributed by atoms with Crippen molar-refractivity contribution in [2.24, 2.45) is 5.14 Å². The van der Waals surface area contributed by atoms with Crippen LogP contribution in [0.5, 0.6) is 0 Å². The topological polar surface area (TPSA) is 72.2 Å². The molecule has 0 fully saturated rings. The summed E-state index contributed by atoms with van der Waals surface area (Å²) < 4.78 is 22.4. The Labute approximate surface area is 122 Å². The highest BCUT2D eigenvalue weighted by atomic mass is 32.2. The van der Waals surface area contributed by atoms with Gasteiger partial charge in [-0.2, -0.15) is 0 Å². The van der Waals surface area contributed by atoms with Crippen LogP contribution in [-0.4, -0.2) is 14.2 Å². The largest absolute Gasteiger partial charge is 0.377 e. The Morgan fingerprint density at radius 3 is 2.50 bits per heavy atom. The zero-order valence-corrected chi connectivity index (χ0v) is 12.2. The monoisotopic (exact) mass is 306 g/mol. The maximum Gasteiger partial charge on any atom is 0.238 e. The fourth-order valence-corrected chi connectivity index (χ4v) is 3.90. The van der Waals surface area contributed by atoms with E-state index >= 15 is 0 Å². The van der Waals surface area contributed by atoms with Crippen molar-refractivity contribution in [2.75, 3.05) is 11.1 Å². The highest BCUT2D eigenvalue weighted by Gasteiger charge is 2.22. The van der Waals surface area contributed by atoms with Crippen LogP contribution in [0, 0.1) is 0 Å². The number of hydrogen-bond acceptors (Lipinski definition) is 4. The number of rotatable bonds is 3. The molecule has 3 N–H and O–H groups in total. The lowest BCUT2D eigenvalue weighted by Crippen LogP contribution is -2.13. The Kier molecular flexibility index (Phi) is 3.45. The molecule has 6 heteroatoms. The van der Waals surface area contributed by atoms with E-state index in [4.69, 9.17) is 5.14 Å². The Balaban J connectivity index is 1.80. The third kappa shape index (κ3) is 2.67. The summed E-state index contributed by atoms with van der Waals surface area (Å²) in [5.74, 6) is 0.969. The first-order valence-corrected chi connectivity index (χ1v) is 8.68. The van der Waals surface area contributed by atoms with Crippen LogP contribution in [0.2, 0.25) is 0 Å². The van der Waals surface area contributed by atoms with E-state index in [1.54, 1.807) is 12.1 Å². The summed E-state index contributed by atoms with van der Waals surface area (Å²) >= 11 is 1.82. The second-order valence-electron chi connectivity index (χ2n) is 4.62. The van der Waals surface area contributed by atoms with Gasteiger partial charge in [0.25, 0.3) is 0 Å². The summed E-state index contributed by atoms with van der Waals surface area (Å²) in [4.78, 5) is 1.43. The minimum atomic E-state index is -3.63. The van der Waals surface area contributed by atoms with Crippen LogP contribution in [0.4, 0.5) is 5.69 Å². The van der Waals surface area contributed by atoms with Crippen molar-refractivity contribution in [3.63, 3.8) is 0 Å². The molecule has 3 rings (SSSR count). The summed E-state index contributed by atoms with van der Waals surface area (Å²) in [7, 11) is -3.63. The Morgan fingerprint density at radius 2 is 1.80 bits per heavy atom. The molecule has 0 amide bonds. The number of nitrogens with one attached hydrogen (secondary N) is 1. The molecule has 0 aromatic heterocycles. The fourth-order valence-electron chi connectivity index (χ4n) is 2.22. The van der Waals surface area contributed by atoms with Crippen LogP contribution in [0.25, 0.3) is 0 Å². The average molecular weight is 306 g/mol. The lowest BCUT2D eigenvalue weighted by molar-refractivity contribution is 0.598. The van der Waals surface area contributed by atoms with Crippen LogP contribution in [-0.2, 0) is 10.0 Å². The summed E-state index contributed by atoms with van der Waals surface area (Å²) in [5, 5.41) is 8.50. The number of nitrogens with two attached hydrogens (primary N) is 1. The smallest absolute Gasteiger partial charge is 0.238 e. The van der Waals surface area contributed by atoms with Crippen molar-refractivity contribution in [1.29, 1.82) is 0 Å². The molecule has 1 atom stereocenters. The van der Waals surface area contributed by atoms with Gasteiger partial charge in [-0.1, -0.05) is 18.2 Å². The predicted molar refractivity (Wildman–Crippen MR) is 81.3 cm³/mol. The van der Waals surface area contributed by atoms with E-state index < -0.39 is 10.0 Å². The number of fused-ring (bicyclic) bond motifs is 1. The number of hydrogen-bond donors (Lipinski definition) is 2. The van der Waals surface area contributed by atoms with Crippen LogP contribution in [0.3, 0.4) is 0 Å². The second kappa shape index (κ2) is 5.12. The van der Waals surface area contributed by atoms with Gasteiger partial charge in [0.2, 0.25) is 10.0 Å². The molecule has 0 spiro atoms. The molecule has 0 radical (unpaired) electrons. The second-order valence-corrected chi connectivity index (χ2v) is 7.24. The molecular formula is C14H14N2O2S2. The van der Waals surface area contributed by atoms with Gasteiger partial charge < -0.3 is 5.32 Å². The van der Waals surface area contributed by atoms with Crippen molar-refractivity contribution in [1.82, 2.24) is 0 Å². The van der Waals surface area contributed by atoms with Gasteiger partial charge in [-0.3, -0.25) is 0 Å². The molecule has 0 bridgehead atoms. The van der Waals surface area contributed by atoms with Gasteiger partial charge in [-0.25, -0.2) is 13.6 Å². The van der Waals surface area contributed by atoms with Crippen molar-refractivity contribution in [2.45, 2.75) is 15.8 Å². The van der Waals surface area contributed by atoms with Gasteiger partial charge in [0, 0.05) is 16.3 Å². The number of primary sulfonamides is 1. The van der Waals surface area contributed by atoms with Gasteiger partial charge >= 0.3 is 0 Å². The Morgan fingerprint density at radius 1 is 1.10 bits per heavy atom. The van der Waals surface area contributed by atoms with E-state index in [9.17, 15) is 8.42 Å². The first kappa shape index (κ1) is 13.5. The summed E-state index contributed by atoms with van der Waals surface area (Å²) in [6.45, 7) is 0. The lowest BCUT2D eigenvalue weighted by atomic mass is 10.1. The van der Waals surface area contributed by atoms with Crippen LogP contribution >= 0.6 is 11.8 Å². The minimum absolute atomic E-state index is 0.129. The summed E-state index contributed by atoms with van der Waals surface area (Å²) in [5.41, 5.74) is 2.17. The Bertz CT molecular complexity index is 727. The van der Waals surface area contributed by atoms with E-state index in [0.29, 0.717) is 0 Å². The molecule has 2 aromatic rings. The molecule has 1 heterocycles. The maximum atomic E-state index is 11.2.